The van der Waals surface area contributed by atoms with Crippen LogP contribution in [-0.4, -0.2) is 52.9 Å². The van der Waals surface area contributed by atoms with Gasteiger partial charge in [-0.15, -0.1) is 0 Å². The second-order valence-corrected chi connectivity index (χ2v) is 5.21. The van der Waals surface area contributed by atoms with E-state index in [9.17, 15) is 4.79 Å². The van der Waals surface area contributed by atoms with Gasteiger partial charge in [0.1, 0.15) is 0 Å². The van der Waals surface area contributed by atoms with Crippen molar-refractivity contribution in [3.05, 3.63) is 22.4 Å². The van der Waals surface area contributed by atoms with Crippen molar-refractivity contribution in [1.29, 1.82) is 0 Å². The molecule has 1 aromatic rings. The van der Waals surface area contributed by atoms with Crippen LogP contribution >= 0.6 is 15.9 Å². The monoisotopic (exact) mass is 316 g/mol. The van der Waals surface area contributed by atoms with Crippen molar-refractivity contribution in [3.63, 3.8) is 0 Å². The number of rotatable bonds is 4. The third-order valence-electron chi connectivity index (χ3n) is 3.16. The predicted molar refractivity (Wildman–Crippen MR) is 70.9 cm³/mol. The fraction of sp³-hybridized carbons (Fsp3) is 0.583. The number of likely N-dealkylation sites (N-methyl/N-ethyl adjacent to an activating group) is 1. The summed E-state index contributed by atoms with van der Waals surface area (Å²) >= 11 is 3.37. The molecular formula is C12H17BrN2O3. The molecule has 6 heteroatoms. The zero-order valence-electron chi connectivity index (χ0n) is 10.3. The molecule has 100 valence electrons. The van der Waals surface area contributed by atoms with E-state index in [4.69, 9.17) is 9.84 Å². The number of morpholine rings is 1. The minimum Gasteiger partial charge on any atom is -0.478 e. The van der Waals surface area contributed by atoms with Gasteiger partial charge in [0.05, 0.1) is 29.4 Å². The van der Waals surface area contributed by atoms with Gasteiger partial charge in [-0.05, 0) is 28.5 Å². The summed E-state index contributed by atoms with van der Waals surface area (Å²) < 4.78 is 8.37. The number of carboxylic acid groups (broad SMARTS) is 1. The number of nitrogens with zero attached hydrogens (tertiary/aromatic N) is 2. The highest BCUT2D eigenvalue weighted by Gasteiger charge is 2.21. The number of hydrogen-bond acceptors (Lipinski definition) is 3. The van der Waals surface area contributed by atoms with Gasteiger partial charge in [-0.25, -0.2) is 4.79 Å². The molecule has 0 radical (unpaired) electrons. The van der Waals surface area contributed by atoms with Gasteiger partial charge in [0.2, 0.25) is 0 Å². The van der Waals surface area contributed by atoms with E-state index >= 15 is 0 Å². The Hall–Kier alpha value is -0.850. The molecule has 5 nitrogen and oxygen atoms in total. The van der Waals surface area contributed by atoms with Crippen LogP contribution in [0.2, 0.25) is 0 Å². The maximum atomic E-state index is 10.9. The number of aromatic nitrogens is 1. The summed E-state index contributed by atoms with van der Waals surface area (Å²) in [6.45, 7) is 6.43. The first-order valence-corrected chi connectivity index (χ1v) is 6.82. The lowest BCUT2D eigenvalue weighted by atomic mass is 10.2. The lowest BCUT2D eigenvalue weighted by Gasteiger charge is -2.32. The Morgan fingerprint density at radius 1 is 1.67 bits per heavy atom. The molecule has 0 spiro atoms. The minimum atomic E-state index is -0.908. The van der Waals surface area contributed by atoms with E-state index in [-0.39, 0.29) is 6.10 Å². The molecule has 2 heterocycles. The molecule has 1 N–H and O–H groups in total. The summed E-state index contributed by atoms with van der Waals surface area (Å²) in [5.41, 5.74) is 0.296. The summed E-state index contributed by atoms with van der Waals surface area (Å²) in [5.74, 6) is -0.908. The first-order chi connectivity index (χ1) is 8.60. The SMILES string of the molecule is CCN1CCOC(Cn2cc(C(=O)O)cc2Br)C1. The fourth-order valence-electron chi connectivity index (χ4n) is 2.13. The van der Waals surface area contributed by atoms with Gasteiger partial charge in [-0.2, -0.15) is 0 Å². The maximum Gasteiger partial charge on any atom is 0.337 e. The predicted octanol–water partition coefficient (Wildman–Crippen LogP) is 1.67. The zero-order valence-corrected chi connectivity index (χ0v) is 11.9. The molecular weight excluding hydrogens is 300 g/mol. The average Bonchev–Trinajstić information content (AvgIpc) is 2.71. The summed E-state index contributed by atoms with van der Waals surface area (Å²) in [7, 11) is 0. The van der Waals surface area contributed by atoms with Crippen molar-refractivity contribution < 1.29 is 14.6 Å². The van der Waals surface area contributed by atoms with Gasteiger partial charge in [0, 0.05) is 19.3 Å². The number of hydrogen-bond donors (Lipinski definition) is 1. The molecule has 1 aliphatic rings. The van der Waals surface area contributed by atoms with Gasteiger partial charge in [-0.3, -0.25) is 4.90 Å². The van der Waals surface area contributed by atoms with E-state index in [1.54, 1.807) is 12.3 Å². The second-order valence-electron chi connectivity index (χ2n) is 4.40. The van der Waals surface area contributed by atoms with Crippen molar-refractivity contribution in [2.45, 2.75) is 19.6 Å². The Balaban J connectivity index is 2.02. The smallest absolute Gasteiger partial charge is 0.337 e. The van der Waals surface area contributed by atoms with Crippen molar-refractivity contribution >= 4 is 21.9 Å². The van der Waals surface area contributed by atoms with Crippen LogP contribution in [0.15, 0.2) is 16.9 Å². The van der Waals surface area contributed by atoms with Crippen molar-refractivity contribution in [3.8, 4) is 0 Å². The van der Waals surface area contributed by atoms with E-state index in [1.165, 1.54) is 0 Å². The summed E-state index contributed by atoms with van der Waals surface area (Å²) in [6, 6.07) is 1.61. The van der Waals surface area contributed by atoms with Crippen molar-refractivity contribution in [1.82, 2.24) is 9.47 Å². The minimum absolute atomic E-state index is 0.115. The second kappa shape index (κ2) is 5.86. The Labute approximate surface area is 114 Å². The van der Waals surface area contributed by atoms with Crippen molar-refractivity contribution in [2.24, 2.45) is 0 Å². The Kier molecular flexibility index (Phi) is 4.42. The summed E-state index contributed by atoms with van der Waals surface area (Å²) in [4.78, 5) is 13.2. The molecule has 1 aliphatic heterocycles. The third-order valence-corrected chi connectivity index (χ3v) is 3.85. The highest BCUT2D eigenvalue weighted by molar-refractivity contribution is 9.10. The number of halogens is 1. The number of aromatic carboxylic acids is 1. The number of ether oxygens (including phenoxy) is 1. The van der Waals surface area contributed by atoms with E-state index in [0.717, 1.165) is 30.8 Å². The van der Waals surface area contributed by atoms with E-state index in [1.807, 2.05) is 4.57 Å². The van der Waals surface area contributed by atoms with Crippen LogP contribution in [0.5, 0.6) is 0 Å². The number of carbonyl (C=O) groups is 1. The van der Waals surface area contributed by atoms with Crippen LogP contribution in [0.3, 0.4) is 0 Å². The van der Waals surface area contributed by atoms with Gasteiger partial charge in [0.15, 0.2) is 0 Å². The van der Waals surface area contributed by atoms with Crippen molar-refractivity contribution in [2.75, 3.05) is 26.2 Å². The Morgan fingerprint density at radius 3 is 3.06 bits per heavy atom. The van der Waals surface area contributed by atoms with Gasteiger partial charge < -0.3 is 14.4 Å². The van der Waals surface area contributed by atoms with Crippen LogP contribution in [0.4, 0.5) is 0 Å². The molecule has 1 unspecified atom stereocenters. The largest absolute Gasteiger partial charge is 0.478 e. The Morgan fingerprint density at radius 2 is 2.44 bits per heavy atom. The van der Waals surface area contributed by atoms with Crippen LogP contribution in [0, 0.1) is 0 Å². The van der Waals surface area contributed by atoms with Crippen LogP contribution in [0.1, 0.15) is 17.3 Å². The molecule has 0 bridgehead atoms. The lowest BCUT2D eigenvalue weighted by Crippen LogP contribution is -2.43. The molecule has 1 saturated heterocycles. The molecule has 2 rings (SSSR count). The summed E-state index contributed by atoms with van der Waals surface area (Å²) in [6.07, 6.45) is 1.75. The standard InChI is InChI=1S/C12H17BrN2O3/c1-2-14-3-4-18-10(7-14)8-15-6-9(12(16)17)5-11(15)13/h5-6,10H,2-4,7-8H2,1H3,(H,16,17). The third kappa shape index (κ3) is 3.13. The summed E-state index contributed by atoms with van der Waals surface area (Å²) in [5, 5.41) is 8.93. The van der Waals surface area contributed by atoms with E-state index in [2.05, 4.69) is 27.8 Å². The normalized spacial score (nSPS) is 21.1. The first-order valence-electron chi connectivity index (χ1n) is 6.03. The first kappa shape index (κ1) is 13.6. The molecule has 0 saturated carbocycles. The zero-order chi connectivity index (χ0) is 13.1. The molecule has 1 atom stereocenters. The topological polar surface area (TPSA) is 54.7 Å². The maximum absolute atomic E-state index is 10.9. The highest BCUT2D eigenvalue weighted by atomic mass is 79.9. The lowest BCUT2D eigenvalue weighted by molar-refractivity contribution is -0.0345. The van der Waals surface area contributed by atoms with Gasteiger partial charge >= 0.3 is 5.97 Å². The molecule has 0 aromatic carbocycles. The van der Waals surface area contributed by atoms with Crippen LogP contribution in [-0.2, 0) is 11.3 Å². The molecule has 1 fully saturated rings. The highest BCUT2D eigenvalue weighted by Crippen LogP contribution is 2.17. The quantitative estimate of drug-likeness (QED) is 0.918. The fourth-order valence-corrected chi connectivity index (χ4v) is 2.63. The number of carboxylic acids is 1. The molecule has 0 aliphatic carbocycles. The van der Waals surface area contributed by atoms with Crippen LogP contribution in [0.25, 0.3) is 0 Å². The van der Waals surface area contributed by atoms with E-state index in [0.29, 0.717) is 12.1 Å². The average molecular weight is 317 g/mol. The molecule has 1 aromatic heterocycles. The van der Waals surface area contributed by atoms with Gasteiger partial charge in [-0.1, -0.05) is 6.92 Å². The Bertz CT molecular complexity index is 433. The van der Waals surface area contributed by atoms with Gasteiger partial charge in [0.25, 0.3) is 0 Å². The van der Waals surface area contributed by atoms with Crippen LogP contribution < -0.4 is 0 Å². The molecule has 0 amide bonds. The van der Waals surface area contributed by atoms with E-state index < -0.39 is 5.97 Å². The molecule has 18 heavy (non-hydrogen) atoms.